The van der Waals surface area contributed by atoms with Gasteiger partial charge in [0.25, 0.3) is 0 Å². The first-order valence-corrected chi connectivity index (χ1v) is 9.05. The molecule has 1 heterocycles. The minimum atomic E-state index is 0. The fourth-order valence-corrected chi connectivity index (χ4v) is 2.61. The van der Waals surface area contributed by atoms with Gasteiger partial charge in [0.1, 0.15) is 5.75 Å². The molecule has 0 aliphatic heterocycles. The van der Waals surface area contributed by atoms with E-state index in [-0.39, 0.29) is 29.5 Å². The lowest BCUT2D eigenvalue weighted by molar-refractivity contribution is 0.336. The minimum absolute atomic E-state index is 0. The number of aryl methyl sites for hydroxylation is 1. The van der Waals surface area contributed by atoms with E-state index >= 15 is 0 Å². The van der Waals surface area contributed by atoms with Crippen LogP contribution in [0.15, 0.2) is 58.4 Å². The van der Waals surface area contributed by atoms with Crippen molar-refractivity contribution in [2.24, 2.45) is 4.99 Å². The van der Waals surface area contributed by atoms with Gasteiger partial charge in [-0.3, -0.25) is 9.79 Å². The van der Waals surface area contributed by atoms with E-state index in [0.29, 0.717) is 13.2 Å². The third-order valence-corrected chi connectivity index (χ3v) is 3.96. The number of hydrogen-bond donors (Lipinski definition) is 2. The summed E-state index contributed by atoms with van der Waals surface area (Å²) in [6.45, 7) is 4.81. The predicted molar refractivity (Wildman–Crippen MR) is 121 cm³/mol. The van der Waals surface area contributed by atoms with Crippen LogP contribution in [0.3, 0.4) is 0 Å². The summed E-state index contributed by atoms with van der Waals surface area (Å²) < 4.78 is 7.37. The Labute approximate surface area is 178 Å². The molecular formula is C20H29IN4O2. The van der Waals surface area contributed by atoms with Crippen molar-refractivity contribution in [3.63, 3.8) is 0 Å². The molecular weight excluding hydrogens is 455 g/mol. The maximum atomic E-state index is 11.6. The van der Waals surface area contributed by atoms with Gasteiger partial charge in [0, 0.05) is 44.5 Å². The van der Waals surface area contributed by atoms with E-state index in [2.05, 4.69) is 15.6 Å². The van der Waals surface area contributed by atoms with Crippen LogP contribution in [0, 0.1) is 0 Å². The van der Waals surface area contributed by atoms with Gasteiger partial charge in [-0.1, -0.05) is 24.3 Å². The quantitative estimate of drug-likeness (QED) is 0.249. The van der Waals surface area contributed by atoms with Gasteiger partial charge in [-0.05, 0) is 31.9 Å². The van der Waals surface area contributed by atoms with Crippen molar-refractivity contribution >= 4 is 29.9 Å². The van der Waals surface area contributed by atoms with E-state index in [0.717, 1.165) is 43.2 Å². The molecule has 148 valence electrons. The highest BCUT2D eigenvalue weighted by Gasteiger charge is 2.04. The lowest BCUT2D eigenvalue weighted by Gasteiger charge is -2.14. The molecule has 0 spiro atoms. The van der Waals surface area contributed by atoms with Crippen molar-refractivity contribution in [1.29, 1.82) is 0 Å². The highest BCUT2D eigenvalue weighted by Crippen LogP contribution is 2.17. The van der Waals surface area contributed by atoms with E-state index in [1.54, 1.807) is 23.7 Å². The molecule has 0 unspecified atom stereocenters. The summed E-state index contributed by atoms with van der Waals surface area (Å²) in [5.74, 6) is 1.65. The molecule has 0 aliphatic rings. The summed E-state index contributed by atoms with van der Waals surface area (Å²) in [4.78, 5) is 15.9. The summed E-state index contributed by atoms with van der Waals surface area (Å²) in [6.07, 6.45) is 3.71. The molecule has 2 rings (SSSR count). The number of para-hydroxylation sites is 1. The molecule has 0 saturated carbocycles. The molecule has 6 nitrogen and oxygen atoms in total. The van der Waals surface area contributed by atoms with Crippen LogP contribution in [0.5, 0.6) is 5.75 Å². The largest absolute Gasteiger partial charge is 0.494 e. The van der Waals surface area contributed by atoms with Crippen LogP contribution in [-0.2, 0) is 13.1 Å². The summed E-state index contributed by atoms with van der Waals surface area (Å²) >= 11 is 0. The number of benzene rings is 1. The van der Waals surface area contributed by atoms with Crippen LogP contribution in [0.4, 0.5) is 0 Å². The first-order chi connectivity index (χ1) is 12.7. The van der Waals surface area contributed by atoms with Gasteiger partial charge in [-0.15, -0.1) is 24.0 Å². The van der Waals surface area contributed by atoms with Crippen molar-refractivity contribution in [1.82, 2.24) is 15.2 Å². The van der Waals surface area contributed by atoms with Gasteiger partial charge in [0.2, 0.25) is 5.56 Å². The number of ether oxygens (including phenoxy) is 1. The van der Waals surface area contributed by atoms with Crippen LogP contribution in [0.2, 0.25) is 0 Å². The molecule has 0 aliphatic carbocycles. The lowest BCUT2D eigenvalue weighted by atomic mass is 10.2. The summed E-state index contributed by atoms with van der Waals surface area (Å²) in [7, 11) is 1.76. The standard InChI is InChI=1S/C20H28N4O2.HI/c1-3-26-18-11-5-4-10-17(18)16-23-20(21-2)22-13-7-9-15-24-14-8-6-12-19(24)25;/h4-6,8,10-12,14H,3,7,9,13,15-16H2,1-2H3,(H2,21,22,23);1H. The predicted octanol–water partition coefficient (Wildman–Crippen LogP) is 3.01. The molecule has 2 N–H and O–H groups in total. The Kier molecular flexibility index (Phi) is 11.2. The Bertz CT molecular complexity index is 761. The number of nitrogens with zero attached hydrogens (tertiary/aromatic N) is 2. The second-order valence-electron chi connectivity index (χ2n) is 5.83. The average molecular weight is 484 g/mol. The molecule has 1 aromatic carbocycles. The molecule has 0 atom stereocenters. The van der Waals surface area contributed by atoms with E-state index in [1.165, 1.54) is 0 Å². The molecule has 0 radical (unpaired) electrons. The number of rotatable bonds is 9. The minimum Gasteiger partial charge on any atom is -0.494 e. The molecule has 1 aromatic heterocycles. The van der Waals surface area contributed by atoms with E-state index < -0.39 is 0 Å². The highest BCUT2D eigenvalue weighted by atomic mass is 127. The summed E-state index contributed by atoms with van der Waals surface area (Å²) in [5.41, 5.74) is 1.15. The molecule has 27 heavy (non-hydrogen) atoms. The van der Waals surface area contributed by atoms with Gasteiger partial charge in [0.05, 0.1) is 6.61 Å². The first kappa shape index (κ1) is 23.0. The lowest BCUT2D eigenvalue weighted by Crippen LogP contribution is -2.37. The van der Waals surface area contributed by atoms with E-state index in [9.17, 15) is 4.79 Å². The zero-order valence-electron chi connectivity index (χ0n) is 16.0. The number of aliphatic imine (C=N–C) groups is 1. The van der Waals surface area contributed by atoms with Crippen LogP contribution in [-0.4, -0.2) is 30.7 Å². The molecule has 0 amide bonds. The second-order valence-corrected chi connectivity index (χ2v) is 5.83. The Hall–Kier alpha value is -2.03. The monoisotopic (exact) mass is 484 g/mol. The van der Waals surface area contributed by atoms with Crippen LogP contribution < -0.4 is 20.9 Å². The van der Waals surface area contributed by atoms with Gasteiger partial charge in [0.15, 0.2) is 5.96 Å². The molecule has 7 heteroatoms. The van der Waals surface area contributed by atoms with Crippen LogP contribution in [0.25, 0.3) is 0 Å². The maximum absolute atomic E-state index is 11.6. The van der Waals surface area contributed by atoms with Crippen molar-refractivity contribution in [2.75, 3.05) is 20.2 Å². The molecule has 0 fully saturated rings. The van der Waals surface area contributed by atoms with Crippen molar-refractivity contribution in [2.45, 2.75) is 32.9 Å². The third kappa shape index (κ3) is 8.03. The molecule has 2 aromatic rings. The molecule has 0 bridgehead atoms. The Morgan fingerprint density at radius 2 is 1.89 bits per heavy atom. The highest BCUT2D eigenvalue weighted by molar-refractivity contribution is 14.0. The Morgan fingerprint density at radius 3 is 2.63 bits per heavy atom. The third-order valence-electron chi connectivity index (χ3n) is 3.96. The first-order valence-electron chi connectivity index (χ1n) is 9.05. The molecule has 0 saturated heterocycles. The number of halogens is 1. The SMILES string of the molecule is CCOc1ccccc1CNC(=NC)NCCCCn1ccccc1=O.I. The van der Waals surface area contributed by atoms with Crippen molar-refractivity contribution < 1.29 is 4.74 Å². The van der Waals surface area contributed by atoms with Gasteiger partial charge >= 0.3 is 0 Å². The number of aromatic nitrogens is 1. The van der Waals surface area contributed by atoms with Gasteiger partial charge < -0.3 is 19.9 Å². The van der Waals surface area contributed by atoms with Crippen LogP contribution in [0.1, 0.15) is 25.3 Å². The van der Waals surface area contributed by atoms with E-state index in [1.807, 2.05) is 43.5 Å². The zero-order chi connectivity index (χ0) is 18.6. The number of pyridine rings is 1. The summed E-state index contributed by atoms with van der Waals surface area (Å²) in [6, 6.07) is 13.2. The van der Waals surface area contributed by atoms with Crippen molar-refractivity contribution in [3.05, 3.63) is 64.6 Å². The van der Waals surface area contributed by atoms with Gasteiger partial charge in [-0.25, -0.2) is 0 Å². The second kappa shape index (κ2) is 13.2. The summed E-state index contributed by atoms with van der Waals surface area (Å²) in [5, 5.41) is 6.61. The van der Waals surface area contributed by atoms with Crippen molar-refractivity contribution in [3.8, 4) is 5.75 Å². The number of hydrogen-bond acceptors (Lipinski definition) is 3. The normalized spacial score (nSPS) is 10.8. The number of unbranched alkanes of at least 4 members (excludes halogenated alkanes) is 1. The van der Waals surface area contributed by atoms with Crippen LogP contribution >= 0.6 is 24.0 Å². The number of nitrogens with one attached hydrogen (secondary N) is 2. The van der Waals surface area contributed by atoms with E-state index in [4.69, 9.17) is 4.74 Å². The zero-order valence-corrected chi connectivity index (χ0v) is 18.3. The fourth-order valence-electron chi connectivity index (χ4n) is 2.61. The maximum Gasteiger partial charge on any atom is 0.250 e. The fraction of sp³-hybridized carbons (Fsp3) is 0.400. The van der Waals surface area contributed by atoms with Gasteiger partial charge in [-0.2, -0.15) is 0 Å². The number of guanidine groups is 1. The Balaban J connectivity index is 0.00000364. The average Bonchev–Trinajstić information content (AvgIpc) is 2.66. The smallest absolute Gasteiger partial charge is 0.250 e. The Morgan fingerprint density at radius 1 is 1.11 bits per heavy atom. The topological polar surface area (TPSA) is 67.7 Å².